The zero-order valence-electron chi connectivity index (χ0n) is 16.9. The van der Waals surface area contributed by atoms with E-state index in [0.29, 0.717) is 29.2 Å². The van der Waals surface area contributed by atoms with E-state index in [2.05, 4.69) is 4.98 Å². The van der Waals surface area contributed by atoms with Crippen LogP contribution in [0.1, 0.15) is 29.6 Å². The van der Waals surface area contributed by atoms with Gasteiger partial charge in [0.2, 0.25) is 0 Å². The van der Waals surface area contributed by atoms with Gasteiger partial charge in [-0.1, -0.05) is 30.3 Å². The molecule has 0 amide bonds. The molecule has 0 unspecified atom stereocenters. The molecule has 0 N–H and O–H groups in total. The average molecular weight is 416 g/mol. The Bertz CT molecular complexity index is 1200. The molecule has 7 heteroatoms. The molecule has 0 atom stereocenters. The Morgan fingerprint density at radius 3 is 2.23 bits per heavy atom. The first-order valence-corrected chi connectivity index (χ1v) is 9.93. The number of Topliss-reactive ketones (excluding diaryl/α,β-unsaturated/α-hetero) is 3. The van der Waals surface area contributed by atoms with Gasteiger partial charge in [-0.25, -0.2) is 4.98 Å². The number of ketones is 3. The van der Waals surface area contributed by atoms with E-state index in [4.69, 9.17) is 4.74 Å². The van der Waals surface area contributed by atoms with Gasteiger partial charge in [-0.3, -0.25) is 23.7 Å². The third-order valence-electron chi connectivity index (χ3n) is 5.34. The van der Waals surface area contributed by atoms with Crippen molar-refractivity contribution >= 4 is 17.3 Å². The molecule has 1 aliphatic carbocycles. The van der Waals surface area contributed by atoms with Crippen LogP contribution in [-0.2, 0) is 9.59 Å². The minimum Gasteiger partial charge on any atom is -0.497 e. The van der Waals surface area contributed by atoms with Crippen LogP contribution in [0.2, 0.25) is 0 Å². The van der Waals surface area contributed by atoms with Crippen molar-refractivity contribution in [1.29, 1.82) is 0 Å². The largest absolute Gasteiger partial charge is 0.497 e. The molecule has 1 heterocycles. The molecule has 2 aromatic carbocycles. The number of carbonyl (C=O) groups is 3. The van der Waals surface area contributed by atoms with Crippen molar-refractivity contribution in [3.05, 3.63) is 76.7 Å². The summed E-state index contributed by atoms with van der Waals surface area (Å²) in [5, 5.41) is 0. The fraction of sp³-hybridized carbons (Fsp3) is 0.208. The fourth-order valence-electron chi connectivity index (χ4n) is 3.74. The van der Waals surface area contributed by atoms with Crippen LogP contribution in [0.5, 0.6) is 5.75 Å². The van der Waals surface area contributed by atoms with E-state index >= 15 is 0 Å². The lowest BCUT2D eigenvalue weighted by Gasteiger charge is -2.19. The van der Waals surface area contributed by atoms with E-state index in [0.717, 1.165) is 0 Å². The number of benzene rings is 2. The molecular weight excluding hydrogens is 396 g/mol. The van der Waals surface area contributed by atoms with Gasteiger partial charge in [-0.2, -0.15) is 0 Å². The van der Waals surface area contributed by atoms with Crippen LogP contribution in [0, 0.1) is 5.92 Å². The molecule has 156 valence electrons. The topological polar surface area (TPSA) is 95.3 Å². The second-order valence-electron chi connectivity index (χ2n) is 7.28. The lowest BCUT2D eigenvalue weighted by molar-refractivity contribution is -0.133. The Morgan fingerprint density at radius 1 is 0.968 bits per heavy atom. The van der Waals surface area contributed by atoms with Crippen LogP contribution in [-0.4, -0.2) is 34.0 Å². The second kappa shape index (κ2) is 8.47. The summed E-state index contributed by atoms with van der Waals surface area (Å²) in [5.74, 6) is -2.14. The predicted octanol–water partition coefficient (Wildman–Crippen LogP) is 3.03. The standard InChI is InChI=1S/C24H20N2O5/c1-31-17-12-10-16(11-13-17)26-23(15-6-3-2-4-7-15)25-14-18(24(26)30)22(29)21-19(27)8-5-9-20(21)28/h2-4,6-7,10-14,21H,5,8-9H2,1H3. The normalized spacial score (nSPS) is 14.5. The number of rotatable bonds is 5. The molecule has 1 saturated carbocycles. The fourth-order valence-corrected chi connectivity index (χ4v) is 3.74. The third-order valence-corrected chi connectivity index (χ3v) is 5.34. The first-order valence-electron chi connectivity index (χ1n) is 9.93. The number of methoxy groups -OCH3 is 1. The van der Waals surface area contributed by atoms with Gasteiger partial charge in [0.15, 0.2) is 17.3 Å². The highest BCUT2D eigenvalue weighted by atomic mass is 16.5. The van der Waals surface area contributed by atoms with Crippen molar-refractivity contribution in [2.45, 2.75) is 19.3 Å². The molecule has 1 aromatic heterocycles. The highest BCUT2D eigenvalue weighted by molar-refractivity contribution is 6.24. The summed E-state index contributed by atoms with van der Waals surface area (Å²) in [4.78, 5) is 55.4. The molecule has 31 heavy (non-hydrogen) atoms. The van der Waals surface area contributed by atoms with Crippen molar-refractivity contribution in [3.63, 3.8) is 0 Å². The van der Waals surface area contributed by atoms with E-state index in [9.17, 15) is 19.2 Å². The van der Waals surface area contributed by atoms with Gasteiger partial charge in [-0.05, 0) is 30.7 Å². The number of hydrogen-bond donors (Lipinski definition) is 0. The van der Waals surface area contributed by atoms with E-state index in [-0.39, 0.29) is 18.4 Å². The van der Waals surface area contributed by atoms with Crippen LogP contribution in [0.15, 0.2) is 65.6 Å². The highest BCUT2D eigenvalue weighted by Crippen LogP contribution is 2.24. The maximum Gasteiger partial charge on any atom is 0.269 e. The quantitative estimate of drug-likeness (QED) is 0.469. The van der Waals surface area contributed by atoms with Crippen LogP contribution in [0.3, 0.4) is 0 Å². The first kappa shape index (κ1) is 20.4. The molecule has 3 aromatic rings. The zero-order valence-corrected chi connectivity index (χ0v) is 16.9. The highest BCUT2D eigenvalue weighted by Gasteiger charge is 2.38. The molecule has 0 aliphatic heterocycles. The molecule has 1 aliphatic rings. The second-order valence-corrected chi connectivity index (χ2v) is 7.28. The molecule has 4 rings (SSSR count). The number of ether oxygens (including phenoxy) is 1. The van der Waals surface area contributed by atoms with Crippen molar-refractivity contribution in [1.82, 2.24) is 9.55 Å². The van der Waals surface area contributed by atoms with Crippen LogP contribution < -0.4 is 10.3 Å². The minimum absolute atomic E-state index is 0.157. The smallest absolute Gasteiger partial charge is 0.269 e. The zero-order chi connectivity index (χ0) is 22.0. The van der Waals surface area contributed by atoms with Gasteiger partial charge in [0.1, 0.15) is 23.1 Å². The van der Waals surface area contributed by atoms with Gasteiger partial charge < -0.3 is 4.74 Å². The van der Waals surface area contributed by atoms with Gasteiger partial charge in [0.25, 0.3) is 5.56 Å². The predicted molar refractivity (Wildman–Crippen MR) is 114 cm³/mol. The van der Waals surface area contributed by atoms with Crippen molar-refractivity contribution in [2.24, 2.45) is 5.92 Å². The van der Waals surface area contributed by atoms with Crippen molar-refractivity contribution in [2.75, 3.05) is 7.11 Å². The van der Waals surface area contributed by atoms with Gasteiger partial charge in [-0.15, -0.1) is 0 Å². The lowest BCUT2D eigenvalue weighted by atomic mass is 9.82. The van der Waals surface area contributed by atoms with E-state index < -0.39 is 28.8 Å². The molecule has 0 spiro atoms. The Balaban J connectivity index is 1.89. The van der Waals surface area contributed by atoms with Crippen molar-refractivity contribution < 1.29 is 19.1 Å². The SMILES string of the molecule is COc1ccc(-n2c(-c3ccccc3)ncc(C(=O)C3C(=O)CCCC3=O)c2=O)cc1. The summed E-state index contributed by atoms with van der Waals surface area (Å²) in [5.41, 5.74) is 0.256. The molecule has 1 fully saturated rings. The summed E-state index contributed by atoms with van der Waals surface area (Å²) < 4.78 is 6.50. The van der Waals surface area contributed by atoms with Gasteiger partial charge >= 0.3 is 0 Å². The minimum atomic E-state index is -1.42. The maximum absolute atomic E-state index is 13.5. The van der Waals surface area contributed by atoms with Gasteiger partial charge in [0, 0.05) is 24.6 Å². The van der Waals surface area contributed by atoms with Crippen molar-refractivity contribution in [3.8, 4) is 22.8 Å². The van der Waals surface area contributed by atoms with E-state index in [1.807, 2.05) is 18.2 Å². The summed E-state index contributed by atoms with van der Waals surface area (Å²) in [7, 11) is 1.54. The Morgan fingerprint density at radius 2 is 1.61 bits per heavy atom. The Kier molecular flexibility index (Phi) is 5.58. The summed E-state index contributed by atoms with van der Waals surface area (Å²) in [6.07, 6.45) is 1.92. The number of hydrogen-bond acceptors (Lipinski definition) is 6. The molecule has 0 saturated heterocycles. The number of nitrogens with zero attached hydrogens (tertiary/aromatic N) is 2. The van der Waals surface area contributed by atoms with E-state index in [1.165, 1.54) is 17.9 Å². The van der Waals surface area contributed by atoms with Crippen LogP contribution >= 0.6 is 0 Å². The van der Waals surface area contributed by atoms with E-state index in [1.54, 1.807) is 36.4 Å². The van der Waals surface area contributed by atoms with Crippen LogP contribution in [0.25, 0.3) is 17.1 Å². The maximum atomic E-state index is 13.5. The summed E-state index contributed by atoms with van der Waals surface area (Å²) in [6, 6.07) is 15.8. The lowest BCUT2D eigenvalue weighted by Crippen LogP contribution is -2.39. The molecular formula is C24H20N2O5. The molecule has 7 nitrogen and oxygen atoms in total. The molecule has 0 radical (unpaired) electrons. The summed E-state index contributed by atoms with van der Waals surface area (Å²) in [6.45, 7) is 0. The summed E-state index contributed by atoms with van der Waals surface area (Å²) >= 11 is 0. The monoisotopic (exact) mass is 416 g/mol. The van der Waals surface area contributed by atoms with Gasteiger partial charge in [0.05, 0.1) is 12.8 Å². The Labute approximate surface area is 178 Å². The number of aromatic nitrogens is 2. The Hall–Kier alpha value is -3.87. The first-order chi connectivity index (χ1) is 15.0. The van der Waals surface area contributed by atoms with Crippen LogP contribution in [0.4, 0.5) is 0 Å². The third kappa shape index (κ3) is 3.82. The number of carbonyl (C=O) groups excluding carboxylic acids is 3. The average Bonchev–Trinajstić information content (AvgIpc) is 2.79. The molecule has 0 bridgehead atoms.